The van der Waals surface area contributed by atoms with Gasteiger partial charge in [0.2, 0.25) is 0 Å². The number of ether oxygens (including phenoxy) is 2. The first-order valence-electron chi connectivity index (χ1n) is 4.88. The van der Waals surface area contributed by atoms with Crippen LogP contribution in [0.2, 0.25) is 10.0 Å². The van der Waals surface area contributed by atoms with E-state index in [1.54, 1.807) is 18.2 Å². The van der Waals surface area contributed by atoms with E-state index in [1.165, 1.54) is 0 Å². The van der Waals surface area contributed by atoms with Crippen molar-refractivity contribution in [2.45, 2.75) is 18.8 Å². The molecule has 1 saturated heterocycles. The predicted molar refractivity (Wildman–Crippen MR) is 65.4 cm³/mol. The zero-order valence-corrected chi connectivity index (χ0v) is 10.9. The molecule has 0 saturated carbocycles. The van der Waals surface area contributed by atoms with Crippen LogP contribution in [0.4, 0.5) is 0 Å². The lowest BCUT2D eigenvalue weighted by atomic mass is 10.1. The van der Waals surface area contributed by atoms with E-state index < -0.39 is 5.79 Å². The van der Waals surface area contributed by atoms with Gasteiger partial charge in [0.05, 0.1) is 23.6 Å². The van der Waals surface area contributed by atoms with Crippen molar-refractivity contribution in [1.29, 1.82) is 0 Å². The van der Waals surface area contributed by atoms with E-state index >= 15 is 0 Å². The fraction of sp³-hybridized carbons (Fsp3) is 0.455. The fourth-order valence-electron chi connectivity index (χ4n) is 1.71. The van der Waals surface area contributed by atoms with Crippen LogP contribution in [0.25, 0.3) is 0 Å². The zero-order chi connectivity index (χ0) is 11.8. The third-order valence-electron chi connectivity index (χ3n) is 2.53. The molecule has 1 aromatic carbocycles. The van der Waals surface area contributed by atoms with E-state index in [4.69, 9.17) is 44.3 Å². The Labute approximate surface area is 109 Å². The van der Waals surface area contributed by atoms with Crippen LogP contribution in [0, 0.1) is 0 Å². The van der Waals surface area contributed by atoms with Crippen molar-refractivity contribution in [3.63, 3.8) is 0 Å². The van der Waals surface area contributed by atoms with Crippen molar-refractivity contribution in [2.75, 3.05) is 12.5 Å². The molecule has 1 aromatic rings. The van der Waals surface area contributed by atoms with E-state index in [0.717, 1.165) is 5.56 Å². The van der Waals surface area contributed by atoms with E-state index in [-0.39, 0.29) is 6.10 Å². The Hall–Kier alpha value is 0.01000. The lowest BCUT2D eigenvalue weighted by molar-refractivity contribution is -0.159. The van der Waals surface area contributed by atoms with Gasteiger partial charge in [-0.3, -0.25) is 0 Å². The topological polar surface area (TPSA) is 18.5 Å². The number of hydrogen-bond acceptors (Lipinski definition) is 2. The molecule has 2 atom stereocenters. The molecule has 0 aliphatic carbocycles. The third kappa shape index (κ3) is 2.31. The molecule has 16 heavy (non-hydrogen) atoms. The minimum atomic E-state index is -0.832. The van der Waals surface area contributed by atoms with Gasteiger partial charge in [0.25, 0.3) is 0 Å². The Morgan fingerprint density at radius 1 is 1.44 bits per heavy atom. The van der Waals surface area contributed by atoms with Crippen LogP contribution in [-0.4, -0.2) is 18.6 Å². The molecule has 2 nitrogen and oxygen atoms in total. The van der Waals surface area contributed by atoms with Crippen molar-refractivity contribution in [1.82, 2.24) is 0 Å². The Morgan fingerprint density at radius 2 is 2.19 bits per heavy atom. The van der Waals surface area contributed by atoms with Gasteiger partial charge in [0, 0.05) is 10.6 Å². The number of benzene rings is 1. The molecule has 0 amide bonds. The highest BCUT2D eigenvalue weighted by Crippen LogP contribution is 2.38. The second kappa shape index (κ2) is 4.71. The first kappa shape index (κ1) is 12.5. The summed E-state index contributed by atoms with van der Waals surface area (Å²) >= 11 is 17.7. The molecule has 0 bridgehead atoms. The minimum absolute atomic E-state index is 0.0987. The molecule has 0 spiro atoms. The Morgan fingerprint density at radius 3 is 2.75 bits per heavy atom. The highest BCUT2D eigenvalue weighted by Gasteiger charge is 2.39. The number of alkyl halides is 1. The normalized spacial score (nSPS) is 29.6. The number of halogens is 3. The minimum Gasteiger partial charge on any atom is -0.343 e. The smallest absolute Gasteiger partial charge is 0.193 e. The molecule has 88 valence electrons. The fourth-order valence-corrected chi connectivity index (χ4v) is 2.45. The van der Waals surface area contributed by atoms with Crippen molar-refractivity contribution < 1.29 is 9.47 Å². The summed E-state index contributed by atoms with van der Waals surface area (Å²) in [5.74, 6) is -0.429. The summed E-state index contributed by atoms with van der Waals surface area (Å²) in [7, 11) is 0. The van der Waals surface area contributed by atoms with Gasteiger partial charge >= 0.3 is 0 Å². The molecule has 1 fully saturated rings. The van der Waals surface area contributed by atoms with Gasteiger partial charge in [-0.05, 0) is 19.1 Å². The van der Waals surface area contributed by atoms with Gasteiger partial charge in [-0.1, -0.05) is 29.3 Å². The highest BCUT2D eigenvalue weighted by molar-refractivity contribution is 6.35. The summed E-state index contributed by atoms with van der Waals surface area (Å²) in [5.41, 5.74) is 0.770. The van der Waals surface area contributed by atoms with Crippen LogP contribution in [0.3, 0.4) is 0 Å². The van der Waals surface area contributed by atoms with Crippen LogP contribution in [0.5, 0.6) is 0 Å². The second-order valence-corrected chi connectivity index (χ2v) is 4.93. The zero-order valence-electron chi connectivity index (χ0n) is 8.67. The molecule has 0 aromatic heterocycles. The van der Waals surface area contributed by atoms with Crippen LogP contribution >= 0.6 is 34.8 Å². The standard InChI is InChI=1S/C11H11Cl3O2/c1-11(15-6-8(5-12)16-11)9-3-2-7(13)4-10(9)14/h2-4,8H,5-6H2,1H3. The molecule has 0 radical (unpaired) electrons. The number of rotatable bonds is 2. The van der Waals surface area contributed by atoms with Crippen molar-refractivity contribution in [2.24, 2.45) is 0 Å². The molecule has 5 heteroatoms. The molecule has 0 N–H and O–H groups in total. The molecule has 1 aliphatic rings. The largest absolute Gasteiger partial charge is 0.343 e. The van der Waals surface area contributed by atoms with Gasteiger partial charge in [-0.2, -0.15) is 0 Å². The van der Waals surface area contributed by atoms with E-state index in [0.29, 0.717) is 22.5 Å². The van der Waals surface area contributed by atoms with Gasteiger partial charge in [0.1, 0.15) is 0 Å². The van der Waals surface area contributed by atoms with Gasteiger partial charge in [-0.15, -0.1) is 11.6 Å². The predicted octanol–water partition coefficient (Wildman–Crippen LogP) is 3.82. The van der Waals surface area contributed by atoms with Crippen LogP contribution in [0.1, 0.15) is 12.5 Å². The third-order valence-corrected chi connectivity index (χ3v) is 3.42. The lowest BCUT2D eigenvalue weighted by Gasteiger charge is -2.24. The summed E-state index contributed by atoms with van der Waals surface area (Å²) in [4.78, 5) is 0. The number of hydrogen-bond donors (Lipinski definition) is 0. The SMILES string of the molecule is CC1(c2ccc(Cl)cc2Cl)OCC(CCl)O1. The molecule has 1 aliphatic heterocycles. The first-order chi connectivity index (χ1) is 7.55. The van der Waals surface area contributed by atoms with E-state index in [1.807, 2.05) is 6.92 Å². The van der Waals surface area contributed by atoms with Crippen LogP contribution in [0.15, 0.2) is 18.2 Å². The maximum atomic E-state index is 6.11. The summed E-state index contributed by atoms with van der Waals surface area (Å²) in [6.45, 7) is 2.30. The van der Waals surface area contributed by atoms with Gasteiger partial charge in [-0.25, -0.2) is 0 Å². The average Bonchev–Trinajstić information content (AvgIpc) is 2.61. The Balaban J connectivity index is 2.30. The molecular formula is C11H11Cl3O2. The maximum absolute atomic E-state index is 6.11. The monoisotopic (exact) mass is 280 g/mol. The van der Waals surface area contributed by atoms with Crippen LogP contribution < -0.4 is 0 Å². The first-order valence-corrected chi connectivity index (χ1v) is 6.17. The molecule has 2 unspecified atom stereocenters. The summed E-state index contributed by atoms with van der Waals surface area (Å²) in [5, 5.41) is 1.12. The highest BCUT2D eigenvalue weighted by atomic mass is 35.5. The van der Waals surface area contributed by atoms with Crippen molar-refractivity contribution in [3.05, 3.63) is 33.8 Å². The lowest BCUT2D eigenvalue weighted by Crippen LogP contribution is -2.24. The van der Waals surface area contributed by atoms with Gasteiger partial charge < -0.3 is 9.47 Å². The summed E-state index contributed by atoms with van der Waals surface area (Å²) in [6.07, 6.45) is -0.0987. The van der Waals surface area contributed by atoms with Crippen molar-refractivity contribution in [3.8, 4) is 0 Å². The van der Waals surface area contributed by atoms with Crippen LogP contribution in [-0.2, 0) is 15.3 Å². The second-order valence-electron chi connectivity index (χ2n) is 3.78. The Bertz CT molecular complexity index is 397. The summed E-state index contributed by atoms with van der Waals surface area (Å²) < 4.78 is 11.3. The molecule has 2 rings (SSSR count). The Kier molecular flexibility index (Phi) is 3.67. The molecule has 1 heterocycles. The maximum Gasteiger partial charge on any atom is 0.193 e. The van der Waals surface area contributed by atoms with E-state index in [9.17, 15) is 0 Å². The van der Waals surface area contributed by atoms with E-state index in [2.05, 4.69) is 0 Å². The van der Waals surface area contributed by atoms with Gasteiger partial charge in [0.15, 0.2) is 5.79 Å². The quantitative estimate of drug-likeness (QED) is 0.767. The summed E-state index contributed by atoms with van der Waals surface area (Å²) in [6, 6.07) is 5.24. The average molecular weight is 282 g/mol. The van der Waals surface area contributed by atoms with Crippen molar-refractivity contribution >= 4 is 34.8 Å². The molecular weight excluding hydrogens is 270 g/mol.